The lowest BCUT2D eigenvalue weighted by molar-refractivity contribution is 0.0594. The van der Waals surface area contributed by atoms with Gasteiger partial charge in [0.05, 0.1) is 12.2 Å². The Kier molecular flexibility index (Phi) is 2.57. The monoisotopic (exact) mass is 263 g/mol. The first-order valence-corrected chi connectivity index (χ1v) is 5.85. The fourth-order valence-corrected chi connectivity index (χ4v) is 2.04. The van der Waals surface area contributed by atoms with Crippen LogP contribution >= 0.6 is 11.6 Å². The first-order chi connectivity index (χ1) is 8.65. The molecule has 0 saturated carbocycles. The molecule has 6 heteroatoms. The third kappa shape index (κ3) is 1.77. The molecule has 0 saturated heterocycles. The standard InChI is InChI=1S/C12H10ClN3O2/c13-8-3-1-7(2-4-8)9-5-10-12(18)14-6-11(17)16(10)15-9/h1-5,11,17H,6H2,(H,14,18). The summed E-state index contributed by atoms with van der Waals surface area (Å²) in [5, 5.41) is 17.2. The van der Waals surface area contributed by atoms with Crippen LogP contribution in [0.5, 0.6) is 0 Å². The number of carbonyl (C=O) groups excluding carboxylic acids is 1. The summed E-state index contributed by atoms with van der Waals surface area (Å²) in [5.41, 5.74) is 1.85. The molecule has 2 aromatic rings. The van der Waals surface area contributed by atoms with Crippen LogP contribution in [0.3, 0.4) is 0 Å². The van der Waals surface area contributed by atoms with Crippen molar-refractivity contribution < 1.29 is 9.90 Å². The van der Waals surface area contributed by atoms with Crippen molar-refractivity contribution >= 4 is 17.5 Å². The maximum absolute atomic E-state index is 11.6. The highest BCUT2D eigenvalue weighted by molar-refractivity contribution is 6.30. The van der Waals surface area contributed by atoms with Crippen LogP contribution in [0.2, 0.25) is 5.02 Å². The Balaban J connectivity index is 2.07. The van der Waals surface area contributed by atoms with Gasteiger partial charge in [0.25, 0.3) is 5.91 Å². The Morgan fingerprint density at radius 3 is 2.78 bits per heavy atom. The summed E-state index contributed by atoms with van der Waals surface area (Å²) < 4.78 is 1.34. The summed E-state index contributed by atoms with van der Waals surface area (Å²) >= 11 is 5.82. The molecule has 1 aromatic carbocycles. The van der Waals surface area contributed by atoms with E-state index in [1.165, 1.54) is 4.68 Å². The lowest BCUT2D eigenvalue weighted by Crippen LogP contribution is -2.39. The van der Waals surface area contributed by atoms with Crippen LogP contribution in [0.1, 0.15) is 16.7 Å². The zero-order chi connectivity index (χ0) is 12.7. The van der Waals surface area contributed by atoms with Crippen LogP contribution < -0.4 is 5.32 Å². The van der Waals surface area contributed by atoms with Gasteiger partial charge in [0.15, 0.2) is 6.23 Å². The minimum absolute atomic E-state index is 0.174. The summed E-state index contributed by atoms with van der Waals surface area (Å²) in [5.74, 6) is -0.229. The van der Waals surface area contributed by atoms with E-state index in [0.29, 0.717) is 16.4 Å². The van der Waals surface area contributed by atoms with Crippen LogP contribution in [-0.4, -0.2) is 27.3 Å². The van der Waals surface area contributed by atoms with Gasteiger partial charge in [-0.25, -0.2) is 4.68 Å². The topological polar surface area (TPSA) is 67.2 Å². The van der Waals surface area contributed by atoms with E-state index in [-0.39, 0.29) is 12.5 Å². The van der Waals surface area contributed by atoms with E-state index in [9.17, 15) is 9.90 Å². The molecular formula is C12H10ClN3O2. The molecule has 5 nitrogen and oxygen atoms in total. The molecule has 0 spiro atoms. The highest BCUT2D eigenvalue weighted by Crippen LogP contribution is 2.23. The molecule has 92 valence electrons. The predicted octanol–water partition coefficient (Wildman–Crippen LogP) is 1.44. The minimum Gasteiger partial charge on any atom is -0.370 e. The molecule has 0 radical (unpaired) electrons. The Morgan fingerprint density at radius 2 is 2.11 bits per heavy atom. The number of hydrogen-bond acceptors (Lipinski definition) is 3. The van der Waals surface area contributed by atoms with Gasteiger partial charge in [0.1, 0.15) is 5.69 Å². The zero-order valence-electron chi connectivity index (χ0n) is 9.30. The fourth-order valence-electron chi connectivity index (χ4n) is 1.91. The summed E-state index contributed by atoms with van der Waals surface area (Å²) in [6, 6.07) is 8.81. The van der Waals surface area contributed by atoms with Crippen molar-refractivity contribution in [2.24, 2.45) is 0 Å². The quantitative estimate of drug-likeness (QED) is 0.818. The van der Waals surface area contributed by atoms with Gasteiger partial charge in [-0.05, 0) is 18.2 Å². The molecule has 1 atom stereocenters. The number of benzene rings is 1. The van der Waals surface area contributed by atoms with Gasteiger partial charge in [-0.1, -0.05) is 23.7 Å². The molecule has 1 amide bonds. The molecule has 2 heterocycles. The Labute approximate surface area is 108 Å². The zero-order valence-corrected chi connectivity index (χ0v) is 10.1. The van der Waals surface area contributed by atoms with Crippen LogP contribution in [0.15, 0.2) is 30.3 Å². The average Bonchev–Trinajstić information content (AvgIpc) is 2.81. The lowest BCUT2D eigenvalue weighted by Gasteiger charge is -2.19. The van der Waals surface area contributed by atoms with E-state index in [1.807, 2.05) is 12.1 Å². The number of aromatic nitrogens is 2. The third-order valence-corrected chi connectivity index (χ3v) is 3.09. The SMILES string of the molecule is O=C1NCC(O)n2nc(-c3ccc(Cl)cc3)cc21. The molecule has 0 aliphatic carbocycles. The van der Waals surface area contributed by atoms with Gasteiger partial charge >= 0.3 is 0 Å². The van der Waals surface area contributed by atoms with E-state index in [1.54, 1.807) is 18.2 Å². The van der Waals surface area contributed by atoms with E-state index < -0.39 is 6.23 Å². The number of aliphatic hydroxyl groups is 1. The van der Waals surface area contributed by atoms with Gasteiger partial charge in [0.2, 0.25) is 0 Å². The molecule has 1 aliphatic rings. The average molecular weight is 264 g/mol. The molecule has 0 bridgehead atoms. The second-order valence-corrected chi connectivity index (χ2v) is 4.49. The number of amides is 1. The first kappa shape index (κ1) is 11.3. The second-order valence-electron chi connectivity index (χ2n) is 4.06. The van der Waals surface area contributed by atoms with Crippen LogP contribution in [0.25, 0.3) is 11.3 Å². The minimum atomic E-state index is -0.821. The van der Waals surface area contributed by atoms with Gasteiger partial charge < -0.3 is 10.4 Å². The van der Waals surface area contributed by atoms with Crippen molar-refractivity contribution in [3.8, 4) is 11.3 Å². The van der Waals surface area contributed by atoms with Crippen molar-refractivity contribution in [3.05, 3.63) is 41.0 Å². The Bertz CT molecular complexity index is 606. The van der Waals surface area contributed by atoms with Crippen LogP contribution in [0.4, 0.5) is 0 Å². The first-order valence-electron chi connectivity index (χ1n) is 5.47. The number of rotatable bonds is 1. The number of aliphatic hydroxyl groups excluding tert-OH is 1. The molecular weight excluding hydrogens is 254 g/mol. The summed E-state index contributed by atoms with van der Waals surface area (Å²) in [6.45, 7) is 0.174. The summed E-state index contributed by atoms with van der Waals surface area (Å²) in [7, 11) is 0. The number of nitrogens with zero attached hydrogens (tertiary/aromatic N) is 2. The molecule has 3 rings (SSSR count). The summed E-state index contributed by atoms with van der Waals surface area (Å²) in [4.78, 5) is 11.6. The van der Waals surface area contributed by atoms with Gasteiger partial charge in [-0.3, -0.25) is 4.79 Å². The normalized spacial score (nSPS) is 18.3. The fraction of sp³-hybridized carbons (Fsp3) is 0.167. The van der Waals surface area contributed by atoms with Crippen molar-refractivity contribution in [1.82, 2.24) is 15.1 Å². The van der Waals surface area contributed by atoms with Crippen LogP contribution in [-0.2, 0) is 0 Å². The molecule has 1 aromatic heterocycles. The predicted molar refractivity (Wildman–Crippen MR) is 66.3 cm³/mol. The smallest absolute Gasteiger partial charge is 0.269 e. The number of hydrogen-bond donors (Lipinski definition) is 2. The number of fused-ring (bicyclic) bond motifs is 1. The lowest BCUT2D eigenvalue weighted by atomic mass is 10.1. The van der Waals surface area contributed by atoms with Crippen molar-refractivity contribution in [1.29, 1.82) is 0 Å². The van der Waals surface area contributed by atoms with E-state index in [0.717, 1.165) is 5.56 Å². The van der Waals surface area contributed by atoms with Gasteiger partial charge in [-0.2, -0.15) is 5.10 Å². The van der Waals surface area contributed by atoms with E-state index in [2.05, 4.69) is 10.4 Å². The molecule has 1 unspecified atom stereocenters. The van der Waals surface area contributed by atoms with Crippen molar-refractivity contribution in [2.45, 2.75) is 6.23 Å². The largest absolute Gasteiger partial charge is 0.370 e. The third-order valence-electron chi connectivity index (χ3n) is 2.84. The van der Waals surface area contributed by atoms with Crippen molar-refractivity contribution in [2.75, 3.05) is 6.54 Å². The molecule has 1 aliphatic heterocycles. The van der Waals surface area contributed by atoms with E-state index >= 15 is 0 Å². The number of nitrogens with one attached hydrogen (secondary N) is 1. The Morgan fingerprint density at radius 1 is 1.39 bits per heavy atom. The maximum atomic E-state index is 11.6. The number of halogens is 1. The highest BCUT2D eigenvalue weighted by atomic mass is 35.5. The van der Waals surface area contributed by atoms with Crippen LogP contribution in [0, 0.1) is 0 Å². The molecule has 0 fully saturated rings. The van der Waals surface area contributed by atoms with E-state index in [4.69, 9.17) is 11.6 Å². The maximum Gasteiger partial charge on any atom is 0.269 e. The second kappa shape index (κ2) is 4.12. The number of carbonyl (C=O) groups is 1. The molecule has 18 heavy (non-hydrogen) atoms. The van der Waals surface area contributed by atoms with Gasteiger partial charge in [-0.15, -0.1) is 0 Å². The summed E-state index contributed by atoms with van der Waals surface area (Å²) in [6.07, 6.45) is -0.821. The van der Waals surface area contributed by atoms with Gasteiger partial charge in [0, 0.05) is 10.6 Å². The van der Waals surface area contributed by atoms with Crippen molar-refractivity contribution in [3.63, 3.8) is 0 Å². The number of β-amino-alcohol motifs (C(OH)–C–C–N with tert-alkyl or cyclic N) is 1. The molecule has 2 N–H and O–H groups in total. The highest BCUT2D eigenvalue weighted by Gasteiger charge is 2.25. The Hall–Kier alpha value is -1.85.